The molecule has 0 radical (unpaired) electrons. The Hall–Kier alpha value is -1.52. The molecule has 0 atom stereocenters. The normalized spacial score (nSPS) is 10.8. The molecule has 1 aromatic heterocycles. The Labute approximate surface area is 81.3 Å². The Bertz CT molecular complexity index is 376. The van der Waals surface area contributed by atoms with Crippen molar-refractivity contribution in [1.82, 2.24) is 9.78 Å². The molecule has 5 nitrogen and oxygen atoms in total. The van der Waals surface area contributed by atoms with Crippen molar-refractivity contribution in [1.29, 1.82) is 0 Å². The fourth-order valence-electron chi connectivity index (χ4n) is 1.24. The fraction of sp³-hybridized carbons (Fsp3) is 0.556. The van der Waals surface area contributed by atoms with Gasteiger partial charge in [0.2, 0.25) is 0 Å². The van der Waals surface area contributed by atoms with Gasteiger partial charge in [0.15, 0.2) is 0 Å². The second kappa shape index (κ2) is 4.13. The first-order chi connectivity index (χ1) is 6.50. The average Bonchev–Trinajstić information content (AvgIpc) is 2.34. The monoisotopic (exact) mass is 198 g/mol. The average molecular weight is 198 g/mol. The largest absolute Gasteiger partial charge is 0.481 e. The van der Waals surface area contributed by atoms with Crippen molar-refractivity contribution < 1.29 is 9.90 Å². The van der Waals surface area contributed by atoms with Crippen molar-refractivity contribution in [2.75, 3.05) is 0 Å². The van der Waals surface area contributed by atoms with Crippen molar-refractivity contribution in [2.45, 2.75) is 26.8 Å². The maximum Gasteiger partial charge on any atom is 0.308 e. The predicted octanol–water partition coefficient (Wildman–Crippen LogP) is 0.460. The molecule has 0 saturated carbocycles. The highest BCUT2D eigenvalue weighted by Gasteiger charge is 2.09. The first kappa shape index (κ1) is 10.6. The zero-order valence-corrected chi connectivity index (χ0v) is 8.28. The standard InChI is InChI=1S/C9H14N2O3/c1-6(2)5-11-9(14)7(4-10-11)3-8(12)13/h4,6,10H,3,5H2,1-2H3,(H,12,13). The van der Waals surface area contributed by atoms with Gasteiger partial charge in [-0.25, -0.2) is 0 Å². The Kier molecular flexibility index (Phi) is 3.11. The number of carbonyl (C=O) groups is 1. The predicted molar refractivity (Wildman–Crippen MR) is 51.2 cm³/mol. The molecule has 1 heterocycles. The van der Waals surface area contributed by atoms with Crippen LogP contribution in [0.15, 0.2) is 11.0 Å². The summed E-state index contributed by atoms with van der Waals surface area (Å²) in [4.78, 5) is 21.9. The van der Waals surface area contributed by atoms with Crippen LogP contribution in [0.1, 0.15) is 19.4 Å². The van der Waals surface area contributed by atoms with Crippen LogP contribution in [0.2, 0.25) is 0 Å². The fourth-order valence-corrected chi connectivity index (χ4v) is 1.24. The minimum Gasteiger partial charge on any atom is -0.481 e. The molecule has 0 aromatic carbocycles. The van der Waals surface area contributed by atoms with Gasteiger partial charge in [0, 0.05) is 18.3 Å². The minimum atomic E-state index is -0.988. The van der Waals surface area contributed by atoms with Crippen LogP contribution < -0.4 is 5.56 Å². The lowest BCUT2D eigenvalue weighted by atomic mass is 10.2. The highest BCUT2D eigenvalue weighted by molar-refractivity contribution is 5.69. The summed E-state index contributed by atoms with van der Waals surface area (Å²) in [6.07, 6.45) is 1.24. The summed E-state index contributed by atoms with van der Waals surface area (Å²) in [5, 5.41) is 11.3. The molecule has 0 fully saturated rings. The maximum atomic E-state index is 11.5. The van der Waals surface area contributed by atoms with Crippen LogP contribution in [-0.2, 0) is 17.8 Å². The molecular weight excluding hydrogens is 184 g/mol. The van der Waals surface area contributed by atoms with Crippen LogP contribution in [0.4, 0.5) is 0 Å². The molecule has 14 heavy (non-hydrogen) atoms. The van der Waals surface area contributed by atoms with Gasteiger partial charge in [-0.2, -0.15) is 0 Å². The summed E-state index contributed by atoms with van der Waals surface area (Å²) >= 11 is 0. The molecule has 0 spiro atoms. The van der Waals surface area contributed by atoms with Crippen LogP contribution in [-0.4, -0.2) is 20.9 Å². The van der Waals surface area contributed by atoms with E-state index in [0.29, 0.717) is 18.0 Å². The zero-order valence-electron chi connectivity index (χ0n) is 8.28. The number of hydrogen-bond acceptors (Lipinski definition) is 2. The van der Waals surface area contributed by atoms with E-state index >= 15 is 0 Å². The second-order valence-corrected chi connectivity index (χ2v) is 3.68. The van der Waals surface area contributed by atoms with Crippen LogP contribution >= 0.6 is 0 Å². The van der Waals surface area contributed by atoms with Gasteiger partial charge < -0.3 is 10.2 Å². The van der Waals surface area contributed by atoms with E-state index in [0.717, 1.165) is 0 Å². The summed E-state index contributed by atoms with van der Waals surface area (Å²) in [5.74, 6) is -0.637. The van der Waals surface area contributed by atoms with E-state index < -0.39 is 5.97 Å². The van der Waals surface area contributed by atoms with Crippen molar-refractivity contribution in [3.63, 3.8) is 0 Å². The lowest BCUT2D eigenvalue weighted by Gasteiger charge is -2.03. The number of nitrogens with zero attached hydrogens (tertiary/aromatic N) is 1. The molecule has 0 aliphatic carbocycles. The highest BCUT2D eigenvalue weighted by Crippen LogP contribution is 1.97. The Balaban J connectivity index is 2.86. The van der Waals surface area contributed by atoms with E-state index in [-0.39, 0.29) is 12.0 Å². The quantitative estimate of drug-likeness (QED) is 0.738. The topological polar surface area (TPSA) is 75.1 Å². The number of hydrogen-bond donors (Lipinski definition) is 2. The molecule has 5 heteroatoms. The van der Waals surface area contributed by atoms with Crippen molar-refractivity contribution in [2.24, 2.45) is 5.92 Å². The molecule has 0 aliphatic heterocycles. The van der Waals surface area contributed by atoms with E-state index in [9.17, 15) is 9.59 Å². The number of nitrogens with one attached hydrogen (secondary N) is 1. The van der Waals surface area contributed by atoms with E-state index in [2.05, 4.69) is 5.10 Å². The van der Waals surface area contributed by atoms with Gasteiger partial charge in [-0.05, 0) is 5.92 Å². The molecule has 0 saturated heterocycles. The Morgan fingerprint density at radius 3 is 2.79 bits per heavy atom. The molecule has 2 N–H and O–H groups in total. The Morgan fingerprint density at radius 1 is 1.64 bits per heavy atom. The number of aromatic amines is 1. The maximum absolute atomic E-state index is 11.5. The SMILES string of the molecule is CC(C)Cn1[nH]cc(CC(=O)O)c1=O. The van der Waals surface area contributed by atoms with Gasteiger partial charge in [0.1, 0.15) is 0 Å². The highest BCUT2D eigenvalue weighted by atomic mass is 16.4. The third kappa shape index (κ3) is 2.48. The first-order valence-corrected chi connectivity index (χ1v) is 4.49. The van der Waals surface area contributed by atoms with Crippen molar-refractivity contribution in [3.05, 3.63) is 22.1 Å². The molecule has 78 valence electrons. The van der Waals surface area contributed by atoms with Gasteiger partial charge in [-0.15, -0.1) is 0 Å². The summed E-state index contributed by atoms with van der Waals surface area (Å²) in [7, 11) is 0. The molecule has 1 aromatic rings. The van der Waals surface area contributed by atoms with Gasteiger partial charge in [0.05, 0.1) is 6.42 Å². The van der Waals surface area contributed by atoms with Crippen molar-refractivity contribution in [3.8, 4) is 0 Å². The molecule has 0 amide bonds. The van der Waals surface area contributed by atoms with Crippen LogP contribution in [0.3, 0.4) is 0 Å². The minimum absolute atomic E-state index is 0.222. The molecule has 1 rings (SSSR count). The van der Waals surface area contributed by atoms with Gasteiger partial charge in [-0.3, -0.25) is 14.3 Å². The lowest BCUT2D eigenvalue weighted by molar-refractivity contribution is -0.136. The van der Waals surface area contributed by atoms with Crippen molar-refractivity contribution >= 4 is 5.97 Å². The number of rotatable bonds is 4. The lowest BCUT2D eigenvalue weighted by Crippen LogP contribution is -2.22. The Morgan fingerprint density at radius 2 is 2.29 bits per heavy atom. The van der Waals surface area contributed by atoms with Crippen LogP contribution in [0, 0.1) is 5.92 Å². The smallest absolute Gasteiger partial charge is 0.308 e. The molecule has 0 unspecified atom stereocenters. The number of carboxylic acids is 1. The summed E-state index contributed by atoms with van der Waals surface area (Å²) < 4.78 is 1.43. The number of aliphatic carboxylic acids is 1. The summed E-state index contributed by atoms with van der Waals surface area (Å²) in [6.45, 7) is 4.56. The number of H-pyrrole nitrogens is 1. The number of aromatic nitrogens is 2. The molecule has 0 aliphatic rings. The van der Waals surface area contributed by atoms with E-state index in [1.807, 2.05) is 13.8 Å². The molecular formula is C9H14N2O3. The summed E-state index contributed by atoms with van der Waals surface area (Å²) in [5.41, 5.74) is 0.0688. The van der Waals surface area contributed by atoms with E-state index in [4.69, 9.17) is 5.11 Å². The molecule has 0 bridgehead atoms. The van der Waals surface area contributed by atoms with Gasteiger partial charge in [0.25, 0.3) is 5.56 Å². The van der Waals surface area contributed by atoms with Gasteiger partial charge >= 0.3 is 5.97 Å². The first-order valence-electron chi connectivity index (χ1n) is 4.49. The van der Waals surface area contributed by atoms with Crippen LogP contribution in [0.25, 0.3) is 0 Å². The summed E-state index contributed by atoms with van der Waals surface area (Å²) in [6, 6.07) is 0. The van der Waals surface area contributed by atoms with E-state index in [1.54, 1.807) is 0 Å². The third-order valence-electron chi connectivity index (χ3n) is 1.80. The number of carboxylic acid groups (broad SMARTS) is 1. The zero-order chi connectivity index (χ0) is 10.7. The van der Waals surface area contributed by atoms with Crippen LogP contribution in [0.5, 0.6) is 0 Å². The second-order valence-electron chi connectivity index (χ2n) is 3.68. The van der Waals surface area contributed by atoms with E-state index in [1.165, 1.54) is 10.9 Å². The van der Waals surface area contributed by atoms with Gasteiger partial charge in [-0.1, -0.05) is 13.8 Å². The third-order valence-corrected chi connectivity index (χ3v) is 1.80.